The number of fused-ring (bicyclic) bond motifs is 1. The third-order valence-corrected chi connectivity index (χ3v) is 6.75. The van der Waals surface area contributed by atoms with Gasteiger partial charge in [-0.2, -0.15) is 4.31 Å². The van der Waals surface area contributed by atoms with Crippen LogP contribution < -0.4 is 0 Å². The normalized spacial score (nSPS) is 24.3. The summed E-state index contributed by atoms with van der Waals surface area (Å²) in [5, 5.41) is 0. The smallest absolute Gasteiger partial charge is 0.222 e. The maximum atomic E-state index is 12.7. The Bertz CT molecular complexity index is 749. The molecule has 1 amide bonds. The molecule has 2 heterocycles. The van der Waals surface area contributed by atoms with Gasteiger partial charge in [0, 0.05) is 50.7 Å². The molecule has 1 aromatic carbocycles. The Morgan fingerprint density at radius 2 is 1.85 bits per heavy atom. The SMILES string of the molecule is CC1(C)CN(S(C)(=O)=O)CC2CN(C(=O)CCc3ccccc3)CCN21. The van der Waals surface area contributed by atoms with Crippen LogP contribution >= 0.6 is 0 Å². The predicted molar refractivity (Wildman–Crippen MR) is 102 cm³/mol. The molecule has 1 aromatic rings. The molecule has 0 aliphatic carbocycles. The Labute approximate surface area is 156 Å². The lowest BCUT2D eigenvalue weighted by Gasteiger charge is -2.54. The fraction of sp³-hybridized carbons (Fsp3) is 0.632. The second kappa shape index (κ2) is 7.29. The van der Waals surface area contributed by atoms with Gasteiger partial charge in [0.05, 0.1) is 6.26 Å². The van der Waals surface area contributed by atoms with Crippen LogP contribution in [0.25, 0.3) is 0 Å². The molecule has 3 rings (SSSR count). The summed E-state index contributed by atoms with van der Waals surface area (Å²) in [6.45, 7) is 7.26. The molecular weight excluding hydrogens is 350 g/mol. The van der Waals surface area contributed by atoms with E-state index in [4.69, 9.17) is 0 Å². The molecule has 1 unspecified atom stereocenters. The van der Waals surface area contributed by atoms with Crippen molar-refractivity contribution in [1.29, 1.82) is 0 Å². The summed E-state index contributed by atoms with van der Waals surface area (Å²) in [6.07, 6.45) is 2.51. The first-order valence-corrected chi connectivity index (χ1v) is 11.1. The van der Waals surface area contributed by atoms with Crippen LogP contribution in [-0.4, -0.2) is 79.0 Å². The molecule has 2 fully saturated rings. The van der Waals surface area contributed by atoms with E-state index >= 15 is 0 Å². The highest BCUT2D eigenvalue weighted by Gasteiger charge is 2.45. The largest absolute Gasteiger partial charge is 0.340 e. The van der Waals surface area contributed by atoms with Crippen LogP contribution in [0.5, 0.6) is 0 Å². The second-order valence-electron chi connectivity index (χ2n) is 8.04. The Hall–Kier alpha value is -1.44. The maximum Gasteiger partial charge on any atom is 0.222 e. The maximum absolute atomic E-state index is 12.7. The average molecular weight is 380 g/mol. The molecule has 6 nitrogen and oxygen atoms in total. The van der Waals surface area contributed by atoms with Crippen molar-refractivity contribution in [2.75, 3.05) is 39.0 Å². The fourth-order valence-electron chi connectivity index (χ4n) is 4.16. The van der Waals surface area contributed by atoms with E-state index in [2.05, 4.69) is 18.7 Å². The van der Waals surface area contributed by atoms with Crippen LogP contribution in [-0.2, 0) is 21.2 Å². The van der Waals surface area contributed by atoms with Gasteiger partial charge in [0.2, 0.25) is 15.9 Å². The Morgan fingerprint density at radius 3 is 2.50 bits per heavy atom. The first-order valence-electron chi connectivity index (χ1n) is 9.20. The second-order valence-corrected chi connectivity index (χ2v) is 10.0. The first kappa shape index (κ1) is 19.3. The number of rotatable bonds is 4. The number of hydrogen-bond acceptors (Lipinski definition) is 4. The summed E-state index contributed by atoms with van der Waals surface area (Å²) in [5.41, 5.74) is 0.951. The molecule has 0 spiro atoms. The molecule has 26 heavy (non-hydrogen) atoms. The van der Waals surface area contributed by atoms with Gasteiger partial charge in [-0.15, -0.1) is 0 Å². The molecule has 1 atom stereocenters. The zero-order valence-electron chi connectivity index (χ0n) is 15.9. The molecular formula is C19H29N3O3S. The summed E-state index contributed by atoms with van der Waals surface area (Å²) in [6, 6.07) is 10.1. The number of hydrogen-bond donors (Lipinski definition) is 0. The molecule has 2 saturated heterocycles. The minimum Gasteiger partial charge on any atom is -0.340 e. The van der Waals surface area contributed by atoms with Crippen molar-refractivity contribution in [3.05, 3.63) is 35.9 Å². The van der Waals surface area contributed by atoms with Crippen molar-refractivity contribution >= 4 is 15.9 Å². The topological polar surface area (TPSA) is 60.9 Å². The summed E-state index contributed by atoms with van der Waals surface area (Å²) in [5.74, 6) is 0.155. The van der Waals surface area contributed by atoms with Gasteiger partial charge in [-0.3, -0.25) is 9.69 Å². The fourth-order valence-corrected chi connectivity index (χ4v) is 5.16. The molecule has 144 valence electrons. The molecule has 2 aliphatic rings. The molecule has 0 saturated carbocycles. The number of nitrogens with zero attached hydrogens (tertiary/aromatic N) is 3. The molecule has 2 aliphatic heterocycles. The number of carbonyl (C=O) groups is 1. The average Bonchev–Trinajstić information content (AvgIpc) is 2.58. The van der Waals surface area contributed by atoms with E-state index < -0.39 is 10.0 Å². The van der Waals surface area contributed by atoms with E-state index in [1.807, 2.05) is 35.2 Å². The molecule has 0 N–H and O–H groups in total. The number of amides is 1. The minimum atomic E-state index is -3.23. The Balaban J connectivity index is 1.64. The van der Waals surface area contributed by atoms with Crippen LogP contribution in [0, 0.1) is 0 Å². The van der Waals surface area contributed by atoms with Crippen LogP contribution in [0.4, 0.5) is 0 Å². The van der Waals surface area contributed by atoms with E-state index in [1.165, 1.54) is 11.8 Å². The highest BCUT2D eigenvalue weighted by Crippen LogP contribution is 2.29. The summed E-state index contributed by atoms with van der Waals surface area (Å²) in [7, 11) is -3.23. The lowest BCUT2D eigenvalue weighted by molar-refractivity contribution is -0.137. The predicted octanol–water partition coefficient (Wildman–Crippen LogP) is 1.19. The van der Waals surface area contributed by atoms with Gasteiger partial charge < -0.3 is 4.90 Å². The Kier molecular flexibility index (Phi) is 5.42. The molecule has 0 bridgehead atoms. The van der Waals surface area contributed by atoms with Crippen molar-refractivity contribution in [3.8, 4) is 0 Å². The zero-order chi connectivity index (χ0) is 18.9. The van der Waals surface area contributed by atoms with Crippen LogP contribution in [0.15, 0.2) is 30.3 Å². The van der Waals surface area contributed by atoms with Crippen LogP contribution in [0.2, 0.25) is 0 Å². The standard InChI is InChI=1S/C19H29N3O3S/c1-19(2)15-21(26(3,24)25)14-17-13-20(11-12-22(17)19)18(23)10-9-16-7-5-4-6-8-16/h4-8,17H,9-15H2,1-3H3. The van der Waals surface area contributed by atoms with Crippen molar-refractivity contribution in [2.45, 2.75) is 38.3 Å². The van der Waals surface area contributed by atoms with E-state index in [0.29, 0.717) is 32.6 Å². The Morgan fingerprint density at radius 1 is 1.15 bits per heavy atom. The van der Waals surface area contributed by atoms with Gasteiger partial charge >= 0.3 is 0 Å². The number of carbonyl (C=O) groups excluding carboxylic acids is 1. The van der Waals surface area contributed by atoms with E-state index in [9.17, 15) is 13.2 Å². The number of piperazine rings is 2. The monoisotopic (exact) mass is 379 g/mol. The van der Waals surface area contributed by atoms with Gasteiger partial charge in [-0.05, 0) is 25.8 Å². The molecule has 7 heteroatoms. The van der Waals surface area contributed by atoms with Gasteiger partial charge in [-0.1, -0.05) is 30.3 Å². The van der Waals surface area contributed by atoms with Crippen molar-refractivity contribution in [1.82, 2.24) is 14.1 Å². The van der Waals surface area contributed by atoms with E-state index in [0.717, 1.165) is 13.0 Å². The van der Waals surface area contributed by atoms with Gasteiger partial charge in [0.25, 0.3) is 0 Å². The van der Waals surface area contributed by atoms with Crippen molar-refractivity contribution in [3.63, 3.8) is 0 Å². The number of benzene rings is 1. The van der Waals surface area contributed by atoms with Crippen molar-refractivity contribution < 1.29 is 13.2 Å². The minimum absolute atomic E-state index is 0.0582. The number of sulfonamides is 1. The van der Waals surface area contributed by atoms with Gasteiger partial charge in [-0.25, -0.2) is 8.42 Å². The van der Waals surface area contributed by atoms with Gasteiger partial charge in [0.15, 0.2) is 0 Å². The third kappa shape index (κ3) is 4.27. The third-order valence-electron chi connectivity index (χ3n) is 5.53. The summed E-state index contributed by atoms with van der Waals surface area (Å²) < 4.78 is 25.7. The quantitative estimate of drug-likeness (QED) is 0.788. The van der Waals surface area contributed by atoms with Crippen LogP contribution in [0.3, 0.4) is 0 Å². The number of aryl methyl sites for hydroxylation is 1. The van der Waals surface area contributed by atoms with Crippen LogP contribution in [0.1, 0.15) is 25.8 Å². The van der Waals surface area contributed by atoms with Crippen molar-refractivity contribution in [2.24, 2.45) is 0 Å². The van der Waals surface area contributed by atoms with E-state index in [-0.39, 0.29) is 17.5 Å². The highest BCUT2D eigenvalue weighted by molar-refractivity contribution is 7.88. The first-order chi connectivity index (χ1) is 12.2. The zero-order valence-corrected chi connectivity index (χ0v) is 16.7. The molecule has 0 aromatic heterocycles. The summed E-state index contributed by atoms with van der Waals surface area (Å²) in [4.78, 5) is 16.9. The van der Waals surface area contributed by atoms with Gasteiger partial charge in [0.1, 0.15) is 0 Å². The lowest BCUT2D eigenvalue weighted by Crippen LogP contribution is -2.70. The molecule has 0 radical (unpaired) electrons. The lowest BCUT2D eigenvalue weighted by atomic mass is 9.94. The summed E-state index contributed by atoms with van der Waals surface area (Å²) >= 11 is 0. The highest BCUT2D eigenvalue weighted by atomic mass is 32.2. The van der Waals surface area contributed by atoms with E-state index in [1.54, 1.807) is 4.31 Å².